The van der Waals surface area contributed by atoms with Crippen LogP contribution in [0.1, 0.15) is 0 Å². The van der Waals surface area contributed by atoms with Crippen molar-refractivity contribution in [1.82, 2.24) is 4.90 Å². The second kappa shape index (κ2) is 2.12. The number of halogens is 1. The van der Waals surface area contributed by atoms with E-state index >= 15 is 0 Å². The quantitative estimate of drug-likeness (QED) is 0.197. The van der Waals surface area contributed by atoms with Gasteiger partial charge in [-0.05, 0) is 0 Å². The van der Waals surface area contributed by atoms with Gasteiger partial charge in [0.2, 0.25) is 0 Å². The number of nitrogens with zero attached hydrogens (tertiary/aromatic N) is 1. The molecule has 0 N–H and O–H groups in total. The SMILES string of the molecule is C[I-]CN1CC1. The van der Waals surface area contributed by atoms with Gasteiger partial charge >= 0.3 is 48.7 Å². The topological polar surface area (TPSA) is 3.01 Å². The van der Waals surface area contributed by atoms with Gasteiger partial charge in [-0.15, -0.1) is 0 Å². The van der Waals surface area contributed by atoms with Gasteiger partial charge in [-0.1, -0.05) is 0 Å². The average molecular weight is 198 g/mol. The molecule has 0 unspecified atom stereocenters. The Morgan fingerprint density at radius 3 is 2.50 bits per heavy atom. The molecule has 0 spiro atoms. The maximum atomic E-state index is 2.48. The van der Waals surface area contributed by atoms with E-state index in [4.69, 9.17) is 0 Å². The van der Waals surface area contributed by atoms with Crippen LogP contribution in [-0.4, -0.2) is 27.5 Å². The summed E-state index contributed by atoms with van der Waals surface area (Å²) in [6.45, 7) is 2.76. The molecule has 38 valence electrons. The van der Waals surface area contributed by atoms with Crippen LogP contribution >= 0.6 is 0 Å². The third-order valence-electron chi connectivity index (χ3n) is 0.828. The molecule has 0 radical (unpaired) electrons. The molecule has 1 fully saturated rings. The summed E-state index contributed by atoms with van der Waals surface area (Å²) in [4.78, 5) is 4.81. The standard InChI is InChI=1S/C4H9IN/c1-5-4-6-2-3-6/h2-4H2,1H3/q-1. The minimum atomic E-state index is 0.556. The molecule has 0 saturated carbocycles. The first-order valence-corrected chi connectivity index (χ1v) is 5.78. The van der Waals surface area contributed by atoms with Gasteiger partial charge < -0.3 is 0 Å². The number of hydrogen-bond donors (Lipinski definition) is 0. The molecular formula is C4H9IN-. The van der Waals surface area contributed by atoms with E-state index in [0.29, 0.717) is 21.2 Å². The van der Waals surface area contributed by atoms with Crippen molar-refractivity contribution >= 4 is 0 Å². The summed E-state index contributed by atoms with van der Waals surface area (Å²) < 4.78 is 1.43. The van der Waals surface area contributed by atoms with E-state index < -0.39 is 0 Å². The molecule has 0 aromatic rings. The minimum absolute atomic E-state index is 0.556. The predicted octanol–water partition coefficient (Wildman–Crippen LogP) is -3.02. The van der Waals surface area contributed by atoms with E-state index in [2.05, 4.69) is 9.83 Å². The molecule has 1 nitrogen and oxygen atoms in total. The van der Waals surface area contributed by atoms with Crippen LogP contribution in [-0.2, 0) is 0 Å². The van der Waals surface area contributed by atoms with Crippen LogP contribution in [0.25, 0.3) is 0 Å². The third kappa shape index (κ3) is 1.43. The molecule has 0 amide bonds. The van der Waals surface area contributed by atoms with Gasteiger partial charge in [0.25, 0.3) is 0 Å². The summed E-state index contributed by atoms with van der Waals surface area (Å²) in [7, 11) is 0. The first-order valence-electron chi connectivity index (χ1n) is 2.09. The van der Waals surface area contributed by atoms with E-state index in [-0.39, 0.29) is 0 Å². The van der Waals surface area contributed by atoms with Crippen LogP contribution in [0.2, 0.25) is 0 Å². The normalized spacial score (nSPS) is 22.2. The van der Waals surface area contributed by atoms with Crippen molar-refractivity contribution in [2.75, 3.05) is 22.6 Å². The Hall–Kier alpha value is 0.690. The molecule has 1 saturated heterocycles. The molecule has 0 bridgehead atoms. The summed E-state index contributed by atoms with van der Waals surface area (Å²) in [5, 5.41) is 0. The van der Waals surface area contributed by atoms with Gasteiger partial charge in [0.1, 0.15) is 0 Å². The summed E-state index contributed by atoms with van der Waals surface area (Å²) in [5.74, 6) is 0. The van der Waals surface area contributed by atoms with Crippen LogP contribution in [0.3, 0.4) is 0 Å². The Kier molecular flexibility index (Phi) is 1.71. The van der Waals surface area contributed by atoms with Crippen molar-refractivity contribution in [1.29, 1.82) is 0 Å². The molecule has 0 aromatic carbocycles. The van der Waals surface area contributed by atoms with Crippen LogP contribution in [0.15, 0.2) is 0 Å². The van der Waals surface area contributed by atoms with Crippen molar-refractivity contribution in [3.8, 4) is 0 Å². The third-order valence-corrected chi connectivity index (χ3v) is 2.48. The van der Waals surface area contributed by atoms with Crippen LogP contribution in [0.4, 0.5) is 0 Å². The van der Waals surface area contributed by atoms with Crippen molar-refractivity contribution in [2.24, 2.45) is 0 Å². The van der Waals surface area contributed by atoms with Gasteiger partial charge in [0.05, 0.1) is 0 Å². The Balaban J connectivity index is 1.88. The monoisotopic (exact) mass is 198 g/mol. The molecule has 1 aliphatic rings. The van der Waals surface area contributed by atoms with E-state index in [1.807, 2.05) is 0 Å². The molecule has 1 heterocycles. The van der Waals surface area contributed by atoms with Gasteiger partial charge in [0.15, 0.2) is 0 Å². The fourth-order valence-electron chi connectivity index (χ4n) is 0.359. The molecule has 6 heavy (non-hydrogen) atoms. The summed E-state index contributed by atoms with van der Waals surface area (Å²) >= 11 is 0.556. The van der Waals surface area contributed by atoms with Crippen molar-refractivity contribution in [3.63, 3.8) is 0 Å². The molecule has 2 heteroatoms. The zero-order valence-corrected chi connectivity index (χ0v) is 6.10. The molecule has 1 aliphatic heterocycles. The second-order valence-electron chi connectivity index (χ2n) is 1.50. The first kappa shape index (κ1) is 4.84. The Morgan fingerprint density at radius 1 is 1.67 bits per heavy atom. The van der Waals surface area contributed by atoms with E-state index in [1.165, 1.54) is 17.6 Å². The summed E-state index contributed by atoms with van der Waals surface area (Å²) in [6, 6.07) is 0. The second-order valence-corrected chi connectivity index (χ2v) is 3.71. The van der Waals surface area contributed by atoms with Gasteiger partial charge in [0, 0.05) is 0 Å². The molecule has 0 aliphatic carbocycles. The molecule has 0 aromatic heterocycles. The van der Waals surface area contributed by atoms with E-state index in [0.717, 1.165) is 0 Å². The average Bonchev–Trinajstić information content (AvgIpc) is 2.21. The zero-order valence-electron chi connectivity index (χ0n) is 3.95. The molecular weight excluding hydrogens is 189 g/mol. The van der Waals surface area contributed by atoms with Gasteiger partial charge in [-0.2, -0.15) is 0 Å². The number of alkyl halides is 2. The van der Waals surface area contributed by atoms with Crippen molar-refractivity contribution in [3.05, 3.63) is 0 Å². The molecule has 1 rings (SSSR count). The first-order chi connectivity index (χ1) is 2.93. The van der Waals surface area contributed by atoms with Gasteiger partial charge in [-0.3, -0.25) is 0 Å². The summed E-state index contributed by atoms with van der Waals surface area (Å²) in [5.41, 5.74) is 0. The fourth-order valence-corrected chi connectivity index (χ4v) is 2.01. The molecule has 0 atom stereocenters. The van der Waals surface area contributed by atoms with Crippen LogP contribution < -0.4 is 21.2 Å². The number of hydrogen-bond acceptors (Lipinski definition) is 1. The maximum absolute atomic E-state index is 2.48. The Morgan fingerprint density at radius 2 is 2.33 bits per heavy atom. The Bertz CT molecular complexity index is 42.8. The van der Waals surface area contributed by atoms with Crippen LogP contribution in [0, 0.1) is 0 Å². The van der Waals surface area contributed by atoms with Crippen molar-refractivity contribution < 1.29 is 21.2 Å². The van der Waals surface area contributed by atoms with E-state index in [9.17, 15) is 0 Å². The zero-order chi connectivity index (χ0) is 4.41. The van der Waals surface area contributed by atoms with Gasteiger partial charge in [-0.25, -0.2) is 0 Å². The Labute approximate surface area is 49.0 Å². The van der Waals surface area contributed by atoms with Crippen molar-refractivity contribution in [2.45, 2.75) is 0 Å². The summed E-state index contributed by atoms with van der Waals surface area (Å²) in [6.07, 6.45) is 0. The van der Waals surface area contributed by atoms with Crippen LogP contribution in [0.5, 0.6) is 0 Å². The number of rotatable bonds is 2. The van der Waals surface area contributed by atoms with E-state index in [1.54, 1.807) is 0 Å². The predicted molar refractivity (Wildman–Crippen MR) is 22.4 cm³/mol. The fraction of sp³-hybridized carbons (Fsp3) is 1.00.